The van der Waals surface area contributed by atoms with Crippen LogP contribution in [0.1, 0.15) is 29.0 Å². The molecule has 1 fully saturated rings. The van der Waals surface area contributed by atoms with Crippen molar-refractivity contribution in [2.24, 2.45) is 5.92 Å². The molecule has 3 rings (SSSR count). The van der Waals surface area contributed by atoms with Crippen LogP contribution < -0.4 is 5.32 Å². The van der Waals surface area contributed by atoms with Crippen LogP contribution in [0, 0.1) is 5.92 Å². The molecule has 1 aromatic heterocycles. The average Bonchev–Trinajstić information content (AvgIpc) is 3.55. The van der Waals surface area contributed by atoms with E-state index in [1.807, 2.05) is 0 Å². The highest BCUT2D eigenvalue weighted by Crippen LogP contribution is 2.35. The van der Waals surface area contributed by atoms with Crippen molar-refractivity contribution in [3.63, 3.8) is 0 Å². The van der Waals surface area contributed by atoms with Crippen LogP contribution in [0.5, 0.6) is 0 Å². The zero-order chi connectivity index (χ0) is 22.6. The number of hydrogen-bond acceptors (Lipinski definition) is 6. The molecule has 166 valence electrons. The second-order valence-electron chi connectivity index (χ2n) is 7.45. The number of benzene rings is 1. The lowest BCUT2D eigenvalue weighted by molar-refractivity contribution is -0.0728. The van der Waals surface area contributed by atoms with Gasteiger partial charge in [-0.25, -0.2) is 13.4 Å². The molecule has 1 amide bonds. The number of hydrogen-bond donors (Lipinski definition) is 1. The molecule has 10 heteroatoms. The summed E-state index contributed by atoms with van der Waals surface area (Å²) in [4.78, 5) is 20.8. The van der Waals surface area contributed by atoms with Gasteiger partial charge in [0, 0.05) is 24.3 Å². The summed E-state index contributed by atoms with van der Waals surface area (Å²) >= 11 is 0. The Balaban J connectivity index is 1.94. The van der Waals surface area contributed by atoms with Crippen molar-refractivity contribution in [1.82, 2.24) is 15.3 Å². The van der Waals surface area contributed by atoms with Crippen LogP contribution in [-0.2, 0) is 20.5 Å². The fourth-order valence-corrected chi connectivity index (χ4v) is 3.50. The van der Waals surface area contributed by atoms with Gasteiger partial charge in [0.05, 0.1) is 17.9 Å². The highest BCUT2D eigenvalue weighted by Gasteiger charge is 2.38. The zero-order valence-electron chi connectivity index (χ0n) is 17.1. The number of methoxy groups -OCH3 is 1. The average molecular weight is 451 g/mol. The number of carbonyl (C=O) groups is 1. The van der Waals surface area contributed by atoms with Crippen molar-refractivity contribution < 1.29 is 26.7 Å². The first-order valence-corrected chi connectivity index (χ1v) is 11.5. The minimum absolute atomic E-state index is 0.119. The van der Waals surface area contributed by atoms with E-state index in [1.54, 1.807) is 30.3 Å². The van der Waals surface area contributed by atoms with Crippen LogP contribution in [0.15, 0.2) is 48.0 Å². The summed E-state index contributed by atoms with van der Waals surface area (Å²) in [5, 5.41) is 3.77. The van der Waals surface area contributed by atoms with Crippen molar-refractivity contribution in [3.8, 4) is 11.3 Å². The number of aromatic nitrogens is 2. The SMILES string of the molecule is COCC(F)(F)c1ncc(C(=O)N[C@H](/C=C/S(C)(=O)=O)C2CC2)nc1-c1ccccc1. The van der Waals surface area contributed by atoms with Gasteiger partial charge >= 0.3 is 5.92 Å². The summed E-state index contributed by atoms with van der Waals surface area (Å²) in [6.07, 6.45) is 5.18. The molecule has 0 bridgehead atoms. The molecule has 31 heavy (non-hydrogen) atoms. The first-order chi connectivity index (χ1) is 14.6. The smallest absolute Gasteiger partial charge is 0.314 e. The molecule has 1 N–H and O–H groups in total. The molecule has 0 saturated heterocycles. The quantitative estimate of drug-likeness (QED) is 0.630. The number of alkyl halides is 2. The van der Waals surface area contributed by atoms with Crippen molar-refractivity contribution in [2.75, 3.05) is 20.0 Å². The molecule has 0 radical (unpaired) electrons. The predicted molar refractivity (Wildman–Crippen MR) is 111 cm³/mol. The van der Waals surface area contributed by atoms with E-state index in [9.17, 15) is 22.0 Å². The Morgan fingerprint density at radius 3 is 2.58 bits per heavy atom. The van der Waals surface area contributed by atoms with Crippen LogP contribution in [-0.4, -0.2) is 50.3 Å². The van der Waals surface area contributed by atoms with Crippen LogP contribution in [0.25, 0.3) is 11.3 Å². The van der Waals surface area contributed by atoms with E-state index in [0.717, 1.165) is 37.8 Å². The second kappa shape index (κ2) is 9.19. The van der Waals surface area contributed by atoms with Gasteiger partial charge in [-0.2, -0.15) is 8.78 Å². The maximum Gasteiger partial charge on any atom is 0.314 e. The highest BCUT2D eigenvalue weighted by atomic mass is 32.2. The fourth-order valence-electron chi connectivity index (χ4n) is 3.04. The maximum absolute atomic E-state index is 14.6. The summed E-state index contributed by atoms with van der Waals surface area (Å²) in [5.74, 6) is -3.91. The van der Waals surface area contributed by atoms with E-state index in [0.29, 0.717) is 5.56 Å². The summed E-state index contributed by atoms with van der Waals surface area (Å²) in [6.45, 7) is -0.882. The summed E-state index contributed by atoms with van der Waals surface area (Å²) in [6, 6.07) is 7.76. The maximum atomic E-state index is 14.6. The molecule has 2 aromatic rings. The fraction of sp³-hybridized carbons (Fsp3) is 0.381. The van der Waals surface area contributed by atoms with E-state index in [4.69, 9.17) is 0 Å². The molecule has 1 heterocycles. The molecule has 0 spiro atoms. The molecule has 1 aliphatic carbocycles. The molecule has 7 nitrogen and oxygen atoms in total. The predicted octanol–water partition coefficient (Wildman–Crippen LogP) is 2.95. The number of rotatable bonds is 9. The van der Waals surface area contributed by atoms with E-state index >= 15 is 0 Å². The topological polar surface area (TPSA) is 98.2 Å². The third-order valence-electron chi connectivity index (χ3n) is 4.69. The van der Waals surface area contributed by atoms with E-state index in [-0.39, 0.29) is 17.3 Å². The first kappa shape index (κ1) is 23.0. The second-order valence-corrected chi connectivity index (χ2v) is 9.38. The van der Waals surface area contributed by atoms with Gasteiger partial charge < -0.3 is 10.1 Å². The molecule has 1 aliphatic rings. The highest BCUT2D eigenvalue weighted by molar-refractivity contribution is 7.93. The van der Waals surface area contributed by atoms with Gasteiger partial charge in [-0.3, -0.25) is 9.78 Å². The largest absolute Gasteiger partial charge is 0.378 e. The first-order valence-electron chi connectivity index (χ1n) is 9.59. The molecular weight excluding hydrogens is 428 g/mol. The van der Waals surface area contributed by atoms with Crippen molar-refractivity contribution >= 4 is 15.7 Å². The van der Waals surface area contributed by atoms with Crippen molar-refractivity contribution in [1.29, 1.82) is 0 Å². The van der Waals surface area contributed by atoms with Crippen molar-refractivity contribution in [2.45, 2.75) is 24.8 Å². The molecule has 1 atom stereocenters. The van der Waals surface area contributed by atoms with Gasteiger partial charge in [0.15, 0.2) is 9.84 Å². The third kappa shape index (κ3) is 6.14. The Morgan fingerprint density at radius 2 is 2.00 bits per heavy atom. The molecule has 1 saturated carbocycles. The standard InChI is InChI=1S/C21H23F2N3O4S/c1-30-13-21(22,23)19-18(15-6-4-3-5-7-15)25-17(12-24-19)20(27)26-16(14-8-9-14)10-11-31(2,28)29/h3-7,10-12,14,16H,8-9,13H2,1-2H3,(H,26,27)/b11-10+/t16-/m1/s1. The monoisotopic (exact) mass is 451 g/mol. The van der Waals surface area contributed by atoms with Gasteiger partial charge in [-0.05, 0) is 18.8 Å². The number of amides is 1. The number of nitrogens with one attached hydrogen (secondary N) is 1. The van der Waals surface area contributed by atoms with E-state index in [1.165, 1.54) is 6.08 Å². The minimum atomic E-state index is -3.41. The van der Waals surface area contributed by atoms with Gasteiger partial charge in [0.1, 0.15) is 18.0 Å². The van der Waals surface area contributed by atoms with Gasteiger partial charge in [-0.1, -0.05) is 36.4 Å². The number of nitrogens with zero attached hydrogens (tertiary/aromatic N) is 2. The van der Waals surface area contributed by atoms with Gasteiger partial charge in [0.2, 0.25) is 0 Å². The van der Waals surface area contributed by atoms with Crippen LogP contribution >= 0.6 is 0 Å². The lowest BCUT2D eigenvalue weighted by atomic mass is 10.1. The van der Waals surface area contributed by atoms with Crippen LogP contribution in [0.4, 0.5) is 8.78 Å². The summed E-state index contributed by atoms with van der Waals surface area (Å²) in [7, 11) is -2.19. The Morgan fingerprint density at radius 1 is 1.32 bits per heavy atom. The number of halogens is 2. The molecule has 1 aromatic carbocycles. The van der Waals surface area contributed by atoms with Crippen LogP contribution in [0.2, 0.25) is 0 Å². The van der Waals surface area contributed by atoms with E-state index < -0.39 is 40.0 Å². The normalized spacial score (nSPS) is 15.7. The van der Waals surface area contributed by atoms with Gasteiger partial charge in [0.25, 0.3) is 5.91 Å². The summed E-state index contributed by atoms with van der Waals surface area (Å²) in [5.41, 5.74) is -0.474. The lowest BCUT2D eigenvalue weighted by Crippen LogP contribution is -2.36. The number of carbonyl (C=O) groups excluding carboxylic acids is 1. The third-order valence-corrected chi connectivity index (χ3v) is 5.34. The Kier molecular flexibility index (Phi) is 6.80. The summed E-state index contributed by atoms with van der Waals surface area (Å²) < 4.78 is 56.6. The number of ether oxygens (including phenoxy) is 1. The molecule has 0 aliphatic heterocycles. The van der Waals surface area contributed by atoms with Crippen molar-refractivity contribution in [3.05, 3.63) is 59.4 Å². The molecular formula is C21H23F2N3O4S. The van der Waals surface area contributed by atoms with Crippen LogP contribution in [0.3, 0.4) is 0 Å². The Labute approximate surface area is 179 Å². The Hall–Kier alpha value is -2.72. The Bertz CT molecular complexity index is 1070. The van der Waals surface area contributed by atoms with Gasteiger partial charge in [-0.15, -0.1) is 0 Å². The lowest BCUT2D eigenvalue weighted by Gasteiger charge is -2.19. The molecule has 0 unspecified atom stereocenters. The zero-order valence-corrected chi connectivity index (χ0v) is 17.9. The number of sulfone groups is 1. The minimum Gasteiger partial charge on any atom is -0.378 e. The van der Waals surface area contributed by atoms with E-state index in [2.05, 4.69) is 20.0 Å².